The normalized spacial score (nSPS) is 25.5. The molecule has 1 saturated heterocycles. The summed E-state index contributed by atoms with van der Waals surface area (Å²) in [5.41, 5.74) is 1.03. The minimum atomic E-state index is -0.879. The molecule has 10 heteroatoms. The van der Waals surface area contributed by atoms with Gasteiger partial charge in [0.15, 0.2) is 6.23 Å². The van der Waals surface area contributed by atoms with Crippen LogP contribution in [0.3, 0.4) is 0 Å². The summed E-state index contributed by atoms with van der Waals surface area (Å²) in [6.07, 6.45) is -1.16. The van der Waals surface area contributed by atoms with E-state index < -0.39 is 24.5 Å². The zero-order valence-corrected chi connectivity index (χ0v) is 15.7. The maximum Gasteiger partial charge on any atom is 0.248 e. The molecule has 0 radical (unpaired) electrons. The number of rotatable bonds is 10. The van der Waals surface area contributed by atoms with Crippen molar-refractivity contribution >= 4 is 18.0 Å². The molecule has 1 aliphatic rings. The van der Waals surface area contributed by atoms with Gasteiger partial charge in [-0.1, -0.05) is 5.16 Å². The SMILES string of the molecule is CNC(=O)/C(C)=C\N(C=O)C1OC(CO)C(OCON=C(C)C)C1OC. The van der Waals surface area contributed by atoms with E-state index in [1.807, 2.05) is 0 Å². The quantitative estimate of drug-likeness (QED) is 0.133. The standard InChI is InChI=1S/C16H27N3O7/c1-10(2)18-25-9-24-13-12(7-20)26-16(14(13)23-5)19(8-21)6-11(3)15(22)17-4/h6,8,12-14,16,20H,7,9H2,1-5H3,(H,17,22)/b11-6-. The number of carbonyl (C=O) groups is 2. The fourth-order valence-corrected chi connectivity index (χ4v) is 2.46. The zero-order valence-electron chi connectivity index (χ0n) is 15.7. The van der Waals surface area contributed by atoms with Gasteiger partial charge in [0.2, 0.25) is 19.1 Å². The van der Waals surface area contributed by atoms with Crippen LogP contribution in [0.25, 0.3) is 0 Å². The molecule has 1 fully saturated rings. The van der Waals surface area contributed by atoms with Crippen molar-refractivity contribution in [1.29, 1.82) is 0 Å². The van der Waals surface area contributed by atoms with Gasteiger partial charge in [-0.3, -0.25) is 14.5 Å². The third kappa shape index (κ3) is 5.77. The summed E-state index contributed by atoms with van der Waals surface area (Å²) in [6.45, 7) is 4.58. The summed E-state index contributed by atoms with van der Waals surface area (Å²) in [5.74, 6) is -0.337. The maximum atomic E-state index is 11.7. The van der Waals surface area contributed by atoms with Crippen molar-refractivity contribution in [3.05, 3.63) is 11.8 Å². The second-order valence-corrected chi connectivity index (χ2v) is 5.81. The molecule has 0 aromatic rings. The third-order valence-electron chi connectivity index (χ3n) is 3.64. The summed E-state index contributed by atoms with van der Waals surface area (Å²) in [4.78, 5) is 29.3. The summed E-state index contributed by atoms with van der Waals surface area (Å²) in [7, 11) is 2.92. The second-order valence-electron chi connectivity index (χ2n) is 5.81. The van der Waals surface area contributed by atoms with Crippen LogP contribution in [0, 0.1) is 0 Å². The number of nitrogens with zero attached hydrogens (tertiary/aromatic N) is 2. The van der Waals surface area contributed by atoms with E-state index >= 15 is 0 Å². The molecule has 4 atom stereocenters. The number of aliphatic hydroxyl groups excluding tert-OH is 1. The molecule has 1 rings (SSSR count). The molecule has 0 spiro atoms. The number of hydrogen-bond acceptors (Lipinski definition) is 8. The van der Waals surface area contributed by atoms with Crippen LogP contribution in [0.5, 0.6) is 0 Å². The zero-order chi connectivity index (χ0) is 19.7. The van der Waals surface area contributed by atoms with Crippen LogP contribution in [-0.2, 0) is 28.6 Å². The molecule has 0 aromatic carbocycles. The highest BCUT2D eigenvalue weighted by Gasteiger charge is 2.48. The van der Waals surface area contributed by atoms with Gasteiger partial charge >= 0.3 is 0 Å². The van der Waals surface area contributed by atoms with Crippen LogP contribution < -0.4 is 5.32 Å². The highest BCUT2D eigenvalue weighted by Crippen LogP contribution is 2.28. The maximum absolute atomic E-state index is 11.7. The number of nitrogens with one attached hydrogen (secondary N) is 1. The Bertz CT molecular complexity index is 534. The van der Waals surface area contributed by atoms with Crippen LogP contribution in [0.1, 0.15) is 20.8 Å². The van der Waals surface area contributed by atoms with Crippen molar-refractivity contribution in [2.24, 2.45) is 5.16 Å². The van der Waals surface area contributed by atoms with E-state index in [4.69, 9.17) is 19.0 Å². The fourth-order valence-electron chi connectivity index (χ4n) is 2.46. The van der Waals surface area contributed by atoms with Gasteiger partial charge in [-0.25, -0.2) is 0 Å². The number of ether oxygens (including phenoxy) is 3. The van der Waals surface area contributed by atoms with Gasteiger partial charge in [0.1, 0.15) is 18.3 Å². The van der Waals surface area contributed by atoms with Gasteiger partial charge in [-0.05, 0) is 20.8 Å². The van der Waals surface area contributed by atoms with Crippen LogP contribution >= 0.6 is 0 Å². The largest absolute Gasteiger partial charge is 0.394 e. The summed E-state index contributed by atoms with van der Waals surface area (Å²) < 4.78 is 16.7. The minimum absolute atomic E-state index is 0.170. The average Bonchev–Trinajstić information content (AvgIpc) is 2.99. The predicted octanol–water partition coefficient (Wildman–Crippen LogP) is -0.418. The van der Waals surface area contributed by atoms with Crippen LogP contribution in [0.2, 0.25) is 0 Å². The molecule has 10 nitrogen and oxygen atoms in total. The van der Waals surface area contributed by atoms with Crippen molar-refractivity contribution in [2.75, 3.05) is 27.6 Å². The Morgan fingerprint density at radius 1 is 1.35 bits per heavy atom. The molecule has 0 aromatic heterocycles. The molecule has 2 amide bonds. The van der Waals surface area contributed by atoms with E-state index in [2.05, 4.69) is 10.5 Å². The fraction of sp³-hybridized carbons (Fsp3) is 0.688. The first-order chi connectivity index (χ1) is 12.4. The van der Waals surface area contributed by atoms with Crippen molar-refractivity contribution in [1.82, 2.24) is 10.2 Å². The molecule has 0 aliphatic carbocycles. The smallest absolute Gasteiger partial charge is 0.248 e. The Labute approximate surface area is 152 Å². The molecule has 148 valence electrons. The monoisotopic (exact) mass is 373 g/mol. The van der Waals surface area contributed by atoms with Gasteiger partial charge in [-0.15, -0.1) is 0 Å². The lowest BCUT2D eigenvalue weighted by atomic mass is 10.1. The van der Waals surface area contributed by atoms with Gasteiger partial charge in [0.25, 0.3) is 0 Å². The number of aliphatic hydroxyl groups is 1. The molecular formula is C16H27N3O7. The van der Waals surface area contributed by atoms with Gasteiger partial charge in [-0.2, -0.15) is 0 Å². The number of hydrogen-bond donors (Lipinski definition) is 2. The Morgan fingerprint density at radius 2 is 2.04 bits per heavy atom. The van der Waals surface area contributed by atoms with E-state index in [0.29, 0.717) is 12.0 Å². The summed E-state index contributed by atoms with van der Waals surface area (Å²) in [5, 5.41) is 15.8. The minimum Gasteiger partial charge on any atom is -0.394 e. The summed E-state index contributed by atoms with van der Waals surface area (Å²) >= 11 is 0. The number of oxime groups is 1. The van der Waals surface area contributed by atoms with Crippen molar-refractivity contribution in [3.8, 4) is 0 Å². The lowest BCUT2D eigenvalue weighted by Crippen LogP contribution is -2.44. The Kier molecular flexibility index (Phi) is 9.21. The second kappa shape index (κ2) is 10.9. The first-order valence-electron chi connectivity index (χ1n) is 8.06. The Hall–Kier alpha value is -2.01. The highest BCUT2D eigenvalue weighted by atomic mass is 16.8. The lowest BCUT2D eigenvalue weighted by Gasteiger charge is -2.27. The van der Waals surface area contributed by atoms with Gasteiger partial charge < -0.3 is 29.5 Å². The van der Waals surface area contributed by atoms with Gasteiger partial charge in [0, 0.05) is 25.9 Å². The predicted molar refractivity (Wildman–Crippen MR) is 91.9 cm³/mol. The molecule has 1 heterocycles. The highest BCUT2D eigenvalue weighted by molar-refractivity contribution is 5.92. The number of methoxy groups -OCH3 is 1. The van der Waals surface area contributed by atoms with E-state index in [0.717, 1.165) is 5.71 Å². The van der Waals surface area contributed by atoms with Crippen LogP contribution in [-0.4, -0.2) is 80.1 Å². The summed E-state index contributed by atoms with van der Waals surface area (Å²) in [6, 6.07) is 0. The van der Waals surface area contributed by atoms with Crippen LogP contribution in [0.4, 0.5) is 0 Å². The molecule has 0 saturated carbocycles. The molecule has 4 unspecified atom stereocenters. The topological polar surface area (TPSA) is 119 Å². The molecule has 2 N–H and O–H groups in total. The first kappa shape index (κ1) is 22.0. The number of amides is 2. The van der Waals surface area contributed by atoms with Gasteiger partial charge in [0.05, 0.1) is 12.3 Å². The molecule has 26 heavy (non-hydrogen) atoms. The first-order valence-corrected chi connectivity index (χ1v) is 8.06. The van der Waals surface area contributed by atoms with E-state index in [1.54, 1.807) is 20.8 Å². The van der Waals surface area contributed by atoms with Crippen LogP contribution in [0.15, 0.2) is 16.9 Å². The molecule has 1 aliphatic heterocycles. The average molecular weight is 373 g/mol. The number of likely N-dealkylation sites (N-methyl/N-ethyl adjacent to an activating group) is 1. The van der Waals surface area contributed by atoms with Crippen molar-refractivity contribution < 1.29 is 33.7 Å². The lowest BCUT2D eigenvalue weighted by molar-refractivity contribution is -0.137. The Morgan fingerprint density at radius 3 is 2.54 bits per heavy atom. The molecule has 0 bridgehead atoms. The van der Waals surface area contributed by atoms with E-state index in [9.17, 15) is 14.7 Å². The number of carbonyl (C=O) groups excluding carboxylic acids is 2. The molecular weight excluding hydrogens is 346 g/mol. The van der Waals surface area contributed by atoms with E-state index in [1.165, 1.54) is 25.3 Å². The van der Waals surface area contributed by atoms with E-state index in [-0.39, 0.29) is 19.3 Å². The van der Waals surface area contributed by atoms with Crippen molar-refractivity contribution in [3.63, 3.8) is 0 Å². The Balaban J connectivity index is 2.92. The third-order valence-corrected chi connectivity index (χ3v) is 3.64. The van der Waals surface area contributed by atoms with Crippen molar-refractivity contribution in [2.45, 2.75) is 45.3 Å².